The van der Waals surface area contributed by atoms with Gasteiger partial charge >= 0.3 is 12.1 Å². The maximum Gasteiger partial charge on any atom is 0.407 e. The van der Waals surface area contributed by atoms with Gasteiger partial charge in [0.2, 0.25) is 0 Å². The van der Waals surface area contributed by atoms with E-state index < -0.39 is 72.9 Å². The average Bonchev–Trinajstić information content (AvgIpc) is 2.77. The summed E-state index contributed by atoms with van der Waals surface area (Å²) in [7, 11) is -7.09. The zero-order valence-corrected chi connectivity index (χ0v) is 32.1. The van der Waals surface area contributed by atoms with Crippen LogP contribution in [0, 0.1) is 5.92 Å². The van der Waals surface area contributed by atoms with Crippen LogP contribution in [0.25, 0.3) is 0 Å². The lowest BCUT2D eigenvalue weighted by atomic mass is 9.79. The second-order valence-electron chi connectivity index (χ2n) is 15.9. The van der Waals surface area contributed by atoms with E-state index in [0.717, 1.165) is 18.1 Å². The van der Waals surface area contributed by atoms with E-state index in [1.807, 2.05) is 20.8 Å². The van der Waals surface area contributed by atoms with Gasteiger partial charge in [-0.3, -0.25) is 4.79 Å². The molecule has 242 valence electrons. The highest BCUT2D eigenvalue weighted by Crippen LogP contribution is 2.45. The van der Waals surface area contributed by atoms with Crippen molar-refractivity contribution in [2.45, 2.75) is 174 Å². The number of amides is 1. The number of carbonyl (C=O) groups excluding carboxylic acids is 1. The molecule has 0 saturated heterocycles. The second kappa shape index (κ2) is 13.5. The third-order valence-electron chi connectivity index (χ3n) is 9.76. The van der Waals surface area contributed by atoms with Gasteiger partial charge in [-0.25, -0.2) is 4.79 Å². The van der Waals surface area contributed by atoms with Crippen LogP contribution in [0.2, 0.25) is 54.4 Å². The number of carboxylic acid groups (broad SMARTS) is 1. The Hall–Kier alpha value is -0.729. The highest BCUT2D eigenvalue weighted by Gasteiger charge is 2.56. The largest absolute Gasteiger partial charge is 0.481 e. The van der Waals surface area contributed by atoms with Gasteiger partial charge in [-0.05, 0) is 81.6 Å². The topological polar surface area (TPSA) is 103 Å². The molecule has 1 saturated carbocycles. The monoisotopic (exact) mass is 633 g/mol. The number of rotatable bonds is 11. The maximum absolute atomic E-state index is 13.1. The Morgan fingerprint density at radius 2 is 1.15 bits per heavy atom. The Morgan fingerprint density at radius 3 is 1.49 bits per heavy atom. The van der Waals surface area contributed by atoms with Crippen LogP contribution in [0.5, 0.6) is 0 Å². The van der Waals surface area contributed by atoms with Crippen molar-refractivity contribution in [3.8, 4) is 0 Å². The number of hydrogen-bond donors (Lipinski definition) is 2. The highest BCUT2D eigenvalue weighted by atomic mass is 28.4. The van der Waals surface area contributed by atoms with Crippen molar-refractivity contribution in [2.24, 2.45) is 5.92 Å². The number of carboxylic acids is 1. The summed E-state index contributed by atoms with van der Waals surface area (Å²) in [6, 6.07) is 2.09. The molecular weight excluding hydrogens is 571 g/mol. The summed E-state index contributed by atoms with van der Waals surface area (Å²) >= 11 is 0. The van der Waals surface area contributed by atoms with Crippen molar-refractivity contribution in [1.29, 1.82) is 0 Å². The smallest absolute Gasteiger partial charge is 0.407 e. The molecular formula is C30H63NO7Si3. The fourth-order valence-corrected chi connectivity index (χ4v) is 10.3. The van der Waals surface area contributed by atoms with E-state index in [2.05, 4.69) is 93.8 Å². The molecule has 11 heteroatoms. The van der Waals surface area contributed by atoms with Gasteiger partial charge in [-0.2, -0.15) is 0 Å². The Kier molecular flexibility index (Phi) is 12.6. The first-order valence-corrected chi connectivity index (χ1v) is 23.9. The van der Waals surface area contributed by atoms with Crippen LogP contribution in [-0.2, 0) is 22.8 Å². The van der Waals surface area contributed by atoms with Crippen molar-refractivity contribution in [1.82, 2.24) is 5.32 Å². The zero-order valence-electron chi connectivity index (χ0n) is 29.1. The van der Waals surface area contributed by atoms with Gasteiger partial charge in [-0.15, -0.1) is 0 Å². The molecule has 0 aliphatic heterocycles. The molecule has 1 amide bonds. The van der Waals surface area contributed by atoms with Gasteiger partial charge in [0.05, 0.1) is 30.3 Å². The molecule has 1 aliphatic carbocycles. The van der Waals surface area contributed by atoms with Crippen LogP contribution in [-0.4, -0.2) is 72.1 Å². The van der Waals surface area contributed by atoms with Gasteiger partial charge in [0.1, 0.15) is 5.60 Å². The van der Waals surface area contributed by atoms with Gasteiger partial charge in [-0.1, -0.05) is 62.3 Å². The summed E-state index contributed by atoms with van der Waals surface area (Å²) in [5.74, 6) is -1.81. The molecule has 41 heavy (non-hydrogen) atoms. The van der Waals surface area contributed by atoms with Crippen LogP contribution < -0.4 is 5.32 Å². The number of alkyl carbamates (subject to hydrolysis) is 1. The fraction of sp³-hybridized carbons (Fsp3) is 0.933. The van der Waals surface area contributed by atoms with Crippen LogP contribution >= 0.6 is 0 Å². The van der Waals surface area contributed by atoms with E-state index in [-0.39, 0.29) is 16.5 Å². The minimum atomic E-state index is -2.42. The summed E-state index contributed by atoms with van der Waals surface area (Å²) in [4.78, 5) is 26.1. The van der Waals surface area contributed by atoms with Crippen molar-refractivity contribution in [3.05, 3.63) is 0 Å². The van der Waals surface area contributed by atoms with E-state index >= 15 is 0 Å². The molecule has 8 nitrogen and oxygen atoms in total. The Bertz CT molecular complexity index is 878. The third-order valence-corrected chi connectivity index (χ3v) is 23.3. The first-order chi connectivity index (χ1) is 18.3. The lowest BCUT2D eigenvalue weighted by molar-refractivity contribution is -0.159. The SMILES string of the molecule is CC[Si](CC)(CC)O[C@H]1[C@@H](O[Si](C)(C)C(C)(C)C)[C@H](NC(=O)OC(C)(C)C)C[C@H](C(=O)O)[C@H]1O[Si](C)(C)C(C)(C)C. The normalized spacial score (nSPS) is 25.1. The lowest BCUT2D eigenvalue weighted by Crippen LogP contribution is -2.68. The summed E-state index contributed by atoms with van der Waals surface area (Å²) in [6.45, 7) is 33.7. The first-order valence-electron chi connectivity index (χ1n) is 15.5. The molecule has 0 heterocycles. The third kappa shape index (κ3) is 9.89. The maximum atomic E-state index is 13.1. The number of ether oxygens (including phenoxy) is 1. The van der Waals surface area contributed by atoms with E-state index in [4.69, 9.17) is 18.0 Å². The van der Waals surface area contributed by atoms with Crippen LogP contribution in [0.3, 0.4) is 0 Å². The minimum absolute atomic E-state index is 0.109. The minimum Gasteiger partial charge on any atom is -0.481 e. The van der Waals surface area contributed by atoms with Crippen molar-refractivity contribution >= 4 is 37.0 Å². The van der Waals surface area contributed by atoms with Crippen molar-refractivity contribution < 1.29 is 32.7 Å². The highest BCUT2D eigenvalue weighted by molar-refractivity contribution is 6.75. The molecule has 0 aromatic heterocycles. The van der Waals surface area contributed by atoms with E-state index in [1.54, 1.807) is 0 Å². The first kappa shape index (κ1) is 38.3. The molecule has 0 aromatic rings. The van der Waals surface area contributed by atoms with E-state index in [0.29, 0.717) is 0 Å². The van der Waals surface area contributed by atoms with Gasteiger partial charge in [0, 0.05) is 0 Å². The predicted molar refractivity (Wildman–Crippen MR) is 175 cm³/mol. The fourth-order valence-electron chi connectivity index (χ4n) is 4.78. The number of aliphatic carboxylic acids is 1. The predicted octanol–water partition coefficient (Wildman–Crippen LogP) is 8.16. The quantitative estimate of drug-likeness (QED) is 0.221. The Morgan fingerprint density at radius 1 is 0.732 bits per heavy atom. The van der Waals surface area contributed by atoms with Crippen molar-refractivity contribution in [2.75, 3.05) is 0 Å². The molecule has 1 aliphatic rings. The number of hydrogen-bond acceptors (Lipinski definition) is 6. The number of nitrogens with one attached hydrogen (secondary N) is 1. The molecule has 0 unspecified atom stereocenters. The molecule has 0 spiro atoms. The van der Waals surface area contributed by atoms with Gasteiger partial charge in [0.25, 0.3) is 0 Å². The van der Waals surface area contributed by atoms with Gasteiger partial charge in [0.15, 0.2) is 25.0 Å². The Balaban J connectivity index is 3.91. The molecule has 5 atom stereocenters. The summed E-state index contributed by atoms with van der Waals surface area (Å²) in [6.07, 6.45) is -2.32. The molecule has 0 bridgehead atoms. The zero-order chi connectivity index (χ0) is 32.4. The standard InChI is InChI=1S/C30H63NO7Si3/c1-17-41(18-2,19-3)38-25-23(36-39(13,14)29(7,8)9)21(26(32)33)20-22(31-27(34)35-28(4,5)6)24(25)37-40(15,16)30(10,11)12/h21-25H,17-20H2,1-16H3,(H,31,34)(H,32,33)/t21-,22+,23+,24-,25+/m0/s1. The van der Waals surface area contributed by atoms with Crippen LogP contribution in [0.1, 0.15) is 89.5 Å². The van der Waals surface area contributed by atoms with Crippen LogP contribution in [0.15, 0.2) is 0 Å². The average molecular weight is 634 g/mol. The summed E-state index contributed by atoms with van der Waals surface area (Å²) in [5, 5.41) is 13.4. The van der Waals surface area contributed by atoms with Crippen molar-refractivity contribution in [3.63, 3.8) is 0 Å². The molecule has 1 fully saturated rings. The molecule has 0 aromatic carbocycles. The summed E-state index contributed by atoms with van der Waals surface area (Å²) < 4.78 is 27.0. The summed E-state index contributed by atoms with van der Waals surface area (Å²) in [5.41, 5.74) is -0.695. The van der Waals surface area contributed by atoms with Gasteiger partial charge < -0.3 is 28.4 Å². The van der Waals surface area contributed by atoms with E-state index in [9.17, 15) is 14.7 Å². The molecule has 0 radical (unpaired) electrons. The molecule has 2 N–H and O–H groups in total. The second-order valence-corrected chi connectivity index (χ2v) is 30.2. The lowest BCUT2D eigenvalue weighted by Gasteiger charge is -2.53. The van der Waals surface area contributed by atoms with Crippen LogP contribution in [0.4, 0.5) is 4.79 Å². The number of carbonyl (C=O) groups is 2. The molecule has 1 rings (SSSR count). The Labute approximate surface area is 254 Å². The van der Waals surface area contributed by atoms with E-state index in [1.165, 1.54) is 0 Å².